The van der Waals surface area contributed by atoms with Gasteiger partial charge in [0.05, 0.1) is 0 Å². The van der Waals surface area contributed by atoms with Gasteiger partial charge in [0.25, 0.3) is 5.88 Å². The lowest BCUT2D eigenvalue weighted by Crippen LogP contribution is -2.47. The Morgan fingerprint density at radius 2 is 1.85 bits per heavy atom. The summed E-state index contributed by atoms with van der Waals surface area (Å²) in [6.45, 7) is 10.4. The fourth-order valence-corrected chi connectivity index (χ4v) is 3.11. The van der Waals surface area contributed by atoms with Gasteiger partial charge < -0.3 is 10.1 Å². The predicted octanol–water partition coefficient (Wildman–Crippen LogP) is 4.53. The average Bonchev–Trinajstić information content (AvgIpc) is 2.51. The first-order valence-electron chi connectivity index (χ1n) is 8.81. The normalized spacial score (nSPS) is 11.8. The maximum Gasteiger partial charge on any atom is 0.320 e. The number of hydrogen-bond acceptors (Lipinski definition) is 4. The van der Waals surface area contributed by atoms with E-state index < -0.39 is 5.54 Å². The van der Waals surface area contributed by atoms with Crippen LogP contribution in [0, 0.1) is 11.2 Å². The lowest BCUT2D eigenvalue weighted by atomic mass is 9.82. The van der Waals surface area contributed by atoms with E-state index in [-0.39, 0.29) is 35.6 Å². The van der Waals surface area contributed by atoms with Crippen LogP contribution < -0.4 is 15.4 Å². The number of carbonyl (C=O) groups excluding carboxylic acids is 1. The fraction of sp³-hybridized carbons (Fsp3) is 0.450. The zero-order valence-corrected chi connectivity index (χ0v) is 16.5. The first kappa shape index (κ1) is 20.6. The highest BCUT2D eigenvalue weighted by Crippen LogP contribution is 2.27. The molecule has 0 radical (unpaired) electrons. The minimum atomic E-state index is -0.396. The molecule has 0 saturated carbocycles. The molecule has 7 heteroatoms. The van der Waals surface area contributed by atoms with E-state index in [9.17, 15) is 9.18 Å². The predicted molar refractivity (Wildman–Crippen MR) is 103 cm³/mol. The second-order valence-corrected chi connectivity index (χ2v) is 8.33. The van der Waals surface area contributed by atoms with E-state index in [0.29, 0.717) is 5.56 Å². The summed E-state index contributed by atoms with van der Waals surface area (Å²) in [5, 5.41) is 5.62. The van der Waals surface area contributed by atoms with Crippen LogP contribution in [0.2, 0.25) is 0 Å². The number of rotatable bonds is 6. The number of ether oxygens (including phenoxy) is 1. The molecule has 146 valence electrons. The Bertz CT molecular complexity index is 788. The van der Waals surface area contributed by atoms with Crippen LogP contribution in [0.3, 0.4) is 0 Å². The molecule has 1 aromatic carbocycles. The van der Waals surface area contributed by atoms with E-state index in [2.05, 4.69) is 41.4 Å². The molecule has 0 spiro atoms. The van der Waals surface area contributed by atoms with E-state index >= 15 is 0 Å². The number of aromatic nitrogens is 2. The molecule has 27 heavy (non-hydrogen) atoms. The second-order valence-electron chi connectivity index (χ2n) is 8.33. The molecular formula is C20H27FN4O2. The Balaban J connectivity index is 2.01. The smallest absolute Gasteiger partial charge is 0.320 e. The number of nitrogens with one attached hydrogen (secondary N) is 2. The van der Waals surface area contributed by atoms with Crippen LogP contribution in [-0.2, 0) is 6.61 Å². The average molecular weight is 374 g/mol. The molecule has 2 rings (SSSR count). The summed E-state index contributed by atoms with van der Waals surface area (Å²) in [6.07, 6.45) is 3.73. The number of hydrogen-bond donors (Lipinski definition) is 2. The maximum absolute atomic E-state index is 13.3. The molecule has 0 fully saturated rings. The van der Waals surface area contributed by atoms with E-state index in [1.807, 2.05) is 13.8 Å². The van der Waals surface area contributed by atoms with Gasteiger partial charge in [-0.2, -0.15) is 0 Å². The van der Waals surface area contributed by atoms with E-state index in [4.69, 9.17) is 4.74 Å². The van der Waals surface area contributed by atoms with Crippen LogP contribution in [0.15, 0.2) is 36.7 Å². The van der Waals surface area contributed by atoms with Crippen LogP contribution >= 0.6 is 0 Å². The van der Waals surface area contributed by atoms with Gasteiger partial charge >= 0.3 is 6.03 Å². The quantitative estimate of drug-likeness (QED) is 0.779. The highest BCUT2D eigenvalue weighted by molar-refractivity contribution is 5.89. The summed E-state index contributed by atoms with van der Waals surface area (Å²) >= 11 is 0. The monoisotopic (exact) mass is 374 g/mol. The van der Waals surface area contributed by atoms with Crippen LogP contribution in [0.1, 0.15) is 46.6 Å². The summed E-state index contributed by atoms with van der Waals surface area (Å²) < 4.78 is 18.9. The number of anilines is 1. The Labute approximate surface area is 159 Å². The van der Waals surface area contributed by atoms with Crippen molar-refractivity contribution in [2.45, 2.75) is 53.2 Å². The first-order valence-corrected chi connectivity index (χ1v) is 8.81. The van der Waals surface area contributed by atoms with Crippen LogP contribution in [-0.4, -0.2) is 21.5 Å². The van der Waals surface area contributed by atoms with Gasteiger partial charge in [-0.1, -0.05) is 32.9 Å². The minimum absolute atomic E-state index is 0.0720. The highest BCUT2D eigenvalue weighted by atomic mass is 19.1. The van der Waals surface area contributed by atoms with Gasteiger partial charge in [0.2, 0.25) is 0 Å². The summed E-state index contributed by atoms with van der Waals surface area (Å²) in [5.74, 6) is 0.0394. The lowest BCUT2D eigenvalue weighted by Gasteiger charge is -2.33. The van der Waals surface area contributed by atoms with Crippen molar-refractivity contribution in [2.24, 2.45) is 5.41 Å². The SMILES string of the molecule is CC(C)(C)CC(C)(C)NC(=O)Nc1nccnc1OCc1cccc(F)c1. The number of nitrogens with zero attached hydrogens (tertiary/aromatic N) is 2. The third-order valence-electron chi connectivity index (χ3n) is 3.59. The summed E-state index contributed by atoms with van der Waals surface area (Å²) in [4.78, 5) is 20.6. The third kappa shape index (κ3) is 7.21. The Morgan fingerprint density at radius 1 is 1.15 bits per heavy atom. The van der Waals surface area contributed by atoms with Crippen LogP contribution in [0.5, 0.6) is 5.88 Å². The molecule has 6 nitrogen and oxygen atoms in total. The molecule has 1 aromatic heterocycles. The summed E-state index contributed by atoms with van der Waals surface area (Å²) in [6, 6.07) is 5.71. The molecule has 0 unspecified atom stereocenters. The van der Waals surface area contributed by atoms with Gasteiger partial charge in [-0.25, -0.2) is 19.2 Å². The van der Waals surface area contributed by atoms with Crippen molar-refractivity contribution in [3.05, 3.63) is 48.0 Å². The summed E-state index contributed by atoms with van der Waals surface area (Å²) in [5.41, 5.74) is 0.331. The Hall–Kier alpha value is -2.70. The maximum atomic E-state index is 13.3. The van der Waals surface area contributed by atoms with Crippen molar-refractivity contribution in [2.75, 3.05) is 5.32 Å². The van der Waals surface area contributed by atoms with Crippen molar-refractivity contribution in [1.29, 1.82) is 0 Å². The molecule has 0 atom stereocenters. The second kappa shape index (κ2) is 8.33. The first-order chi connectivity index (χ1) is 12.5. The van der Waals surface area contributed by atoms with Crippen molar-refractivity contribution in [3.8, 4) is 5.88 Å². The Kier molecular flexibility index (Phi) is 6.36. The zero-order chi connectivity index (χ0) is 20.1. The fourth-order valence-electron chi connectivity index (χ4n) is 3.11. The van der Waals surface area contributed by atoms with Crippen molar-refractivity contribution >= 4 is 11.8 Å². The molecule has 2 amide bonds. The van der Waals surface area contributed by atoms with Gasteiger partial charge in [0.15, 0.2) is 5.82 Å². The molecule has 0 bridgehead atoms. The van der Waals surface area contributed by atoms with Crippen molar-refractivity contribution in [3.63, 3.8) is 0 Å². The molecule has 0 aliphatic rings. The number of carbonyl (C=O) groups is 1. The number of halogens is 1. The third-order valence-corrected chi connectivity index (χ3v) is 3.59. The zero-order valence-electron chi connectivity index (χ0n) is 16.5. The number of amides is 2. The van der Waals surface area contributed by atoms with Gasteiger partial charge in [-0.15, -0.1) is 0 Å². The highest BCUT2D eigenvalue weighted by Gasteiger charge is 2.27. The molecular weight excluding hydrogens is 347 g/mol. The molecule has 0 aliphatic carbocycles. The summed E-state index contributed by atoms with van der Waals surface area (Å²) in [7, 11) is 0. The van der Waals surface area contributed by atoms with Crippen molar-refractivity contribution in [1.82, 2.24) is 15.3 Å². The molecule has 0 aliphatic heterocycles. The van der Waals surface area contributed by atoms with Crippen LogP contribution in [0.25, 0.3) is 0 Å². The van der Waals surface area contributed by atoms with E-state index in [1.54, 1.807) is 12.1 Å². The van der Waals surface area contributed by atoms with E-state index in [1.165, 1.54) is 24.5 Å². The topological polar surface area (TPSA) is 76.1 Å². The van der Waals surface area contributed by atoms with Crippen molar-refractivity contribution < 1.29 is 13.9 Å². The number of urea groups is 1. The van der Waals surface area contributed by atoms with Crippen LogP contribution in [0.4, 0.5) is 15.0 Å². The Morgan fingerprint density at radius 3 is 2.52 bits per heavy atom. The molecule has 1 heterocycles. The molecule has 2 N–H and O–H groups in total. The largest absolute Gasteiger partial charge is 0.470 e. The number of benzene rings is 1. The van der Waals surface area contributed by atoms with Gasteiger partial charge in [-0.05, 0) is 43.4 Å². The minimum Gasteiger partial charge on any atom is -0.470 e. The molecule has 2 aromatic rings. The van der Waals surface area contributed by atoms with Gasteiger partial charge in [0, 0.05) is 17.9 Å². The van der Waals surface area contributed by atoms with Gasteiger partial charge in [-0.3, -0.25) is 5.32 Å². The van der Waals surface area contributed by atoms with E-state index in [0.717, 1.165) is 6.42 Å². The molecule has 0 saturated heterocycles. The standard InChI is InChI=1S/C20H27FN4O2/c1-19(2,3)13-20(4,5)25-18(26)24-16-17(23-10-9-22-16)27-12-14-7-6-8-15(21)11-14/h6-11H,12-13H2,1-5H3,(H2,22,24,25,26). The van der Waals surface area contributed by atoms with Gasteiger partial charge in [0.1, 0.15) is 12.4 Å². The lowest BCUT2D eigenvalue weighted by molar-refractivity contribution is 0.219.